The highest BCUT2D eigenvalue weighted by atomic mass is 32.7. The molecule has 1 aromatic heterocycles. The highest BCUT2D eigenvalue weighted by molar-refractivity contribution is 8.40. The Morgan fingerprint density at radius 2 is 2.24 bits per heavy atom. The SMILES string of the molecule is [3H]PSOC[C@H]1O[C@@H](n2ccc(=O)[nH]c2=O)C[C@@H]1C=Cc1ccccc1. The Labute approximate surface area is 152 Å². The van der Waals surface area contributed by atoms with E-state index in [1.54, 1.807) is 0 Å². The number of hydrogen-bond donors (Lipinski definition) is 1. The topological polar surface area (TPSA) is 73.3 Å². The van der Waals surface area contributed by atoms with Crippen LogP contribution in [0.25, 0.3) is 6.08 Å². The highest BCUT2D eigenvalue weighted by Crippen LogP contribution is 2.35. The smallest absolute Gasteiger partial charge is 0.330 e. The third kappa shape index (κ3) is 4.70. The van der Waals surface area contributed by atoms with Crippen molar-refractivity contribution in [2.24, 2.45) is 5.92 Å². The molecular formula is C17H19N2O4PS. The average molecular weight is 380 g/mol. The van der Waals surface area contributed by atoms with Gasteiger partial charge in [0.15, 0.2) is 0 Å². The number of H-pyrrole nitrogens is 1. The number of nitrogens with one attached hydrogen (secondary N) is 1. The normalized spacial score (nSPS) is 24.3. The first-order valence-electron chi connectivity index (χ1n) is 8.33. The van der Waals surface area contributed by atoms with Crippen molar-refractivity contribution in [3.63, 3.8) is 0 Å². The minimum Gasteiger partial charge on any atom is -0.352 e. The summed E-state index contributed by atoms with van der Waals surface area (Å²) in [4.78, 5) is 25.5. The van der Waals surface area contributed by atoms with Crippen molar-refractivity contribution in [1.82, 2.24) is 9.55 Å². The molecule has 1 aliphatic rings. The van der Waals surface area contributed by atoms with E-state index in [4.69, 9.17) is 10.2 Å². The van der Waals surface area contributed by atoms with Crippen LogP contribution in [0.3, 0.4) is 0 Å². The predicted molar refractivity (Wildman–Crippen MR) is 102 cm³/mol. The summed E-state index contributed by atoms with van der Waals surface area (Å²) in [6.07, 6.45) is 5.43. The molecule has 1 saturated heterocycles. The van der Waals surface area contributed by atoms with Crippen LogP contribution in [0.5, 0.6) is 0 Å². The second-order valence-corrected chi connectivity index (χ2v) is 6.59. The molecule has 2 aromatic rings. The molecule has 4 atom stereocenters. The summed E-state index contributed by atoms with van der Waals surface area (Å²) in [7, 11) is -0.110. The lowest BCUT2D eigenvalue weighted by atomic mass is 9.99. The fourth-order valence-corrected chi connectivity index (χ4v) is 3.25. The van der Waals surface area contributed by atoms with Crippen LogP contribution in [0.15, 0.2) is 58.3 Å². The molecule has 3 rings (SSSR count). The van der Waals surface area contributed by atoms with Crippen molar-refractivity contribution in [2.75, 3.05) is 6.61 Å². The molecule has 8 heteroatoms. The molecule has 1 fully saturated rings. The molecule has 0 saturated carbocycles. The maximum Gasteiger partial charge on any atom is 0.330 e. The minimum atomic E-state index is -0.489. The second-order valence-electron chi connectivity index (χ2n) is 5.68. The number of aromatic nitrogens is 2. The van der Waals surface area contributed by atoms with Gasteiger partial charge in [0.05, 0.1) is 14.0 Å². The van der Waals surface area contributed by atoms with Crippen LogP contribution in [0, 0.1) is 5.92 Å². The van der Waals surface area contributed by atoms with Crippen molar-refractivity contribution in [1.29, 1.82) is 1.28 Å². The van der Waals surface area contributed by atoms with E-state index in [0.717, 1.165) is 17.2 Å². The van der Waals surface area contributed by atoms with Gasteiger partial charge in [0.1, 0.15) is 6.23 Å². The first-order chi connectivity index (χ1) is 12.7. The summed E-state index contributed by atoms with van der Waals surface area (Å²) in [5.74, 6) is 0.0497. The molecule has 1 aliphatic heterocycles. The van der Waals surface area contributed by atoms with E-state index in [0.29, 0.717) is 13.0 Å². The third-order valence-electron chi connectivity index (χ3n) is 4.07. The summed E-state index contributed by atoms with van der Waals surface area (Å²) < 4.78 is 20.0. The van der Waals surface area contributed by atoms with Gasteiger partial charge >= 0.3 is 5.69 Å². The van der Waals surface area contributed by atoms with Gasteiger partial charge in [-0.15, -0.1) is 0 Å². The highest BCUT2D eigenvalue weighted by Gasteiger charge is 2.35. The molecule has 0 bridgehead atoms. The van der Waals surface area contributed by atoms with Crippen molar-refractivity contribution < 1.29 is 8.92 Å². The summed E-state index contributed by atoms with van der Waals surface area (Å²) >= 11 is 1.09. The average Bonchev–Trinajstić information content (AvgIpc) is 3.04. The Balaban J connectivity index is 1.77. The number of aromatic amines is 1. The van der Waals surface area contributed by atoms with Gasteiger partial charge in [-0.25, -0.2) is 4.79 Å². The van der Waals surface area contributed by atoms with E-state index >= 15 is 0 Å². The van der Waals surface area contributed by atoms with Gasteiger partial charge in [-0.05, 0) is 14.0 Å². The summed E-state index contributed by atoms with van der Waals surface area (Å²) in [6, 6.07) is 11.2. The second kappa shape index (κ2) is 8.63. The van der Waals surface area contributed by atoms with Crippen molar-refractivity contribution in [3.8, 4) is 0 Å². The number of rotatable bonds is 7. The lowest BCUT2D eigenvalue weighted by molar-refractivity contribution is -0.0213. The van der Waals surface area contributed by atoms with Crippen molar-refractivity contribution in [2.45, 2.75) is 18.8 Å². The maximum atomic E-state index is 12.0. The molecule has 0 aliphatic carbocycles. The van der Waals surface area contributed by atoms with E-state index in [9.17, 15) is 9.59 Å². The van der Waals surface area contributed by atoms with Gasteiger partial charge in [-0.1, -0.05) is 42.5 Å². The van der Waals surface area contributed by atoms with Crippen LogP contribution in [-0.4, -0.2) is 23.5 Å². The third-order valence-corrected chi connectivity index (χ3v) is 4.68. The van der Waals surface area contributed by atoms with Gasteiger partial charge in [-0.3, -0.25) is 14.3 Å². The lowest BCUT2D eigenvalue weighted by Crippen LogP contribution is -2.31. The summed E-state index contributed by atoms with van der Waals surface area (Å²) in [5, 5.41) is 0. The van der Waals surface area contributed by atoms with Crippen LogP contribution in [0.1, 0.15) is 18.2 Å². The Bertz CT molecular complexity index is 858. The predicted octanol–water partition coefficient (Wildman–Crippen LogP) is 2.61. The molecule has 2 heterocycles. The number of ether oxygens (including phenoxy) is 1. The molecule has 132 valence electrons. The Kier molecular flexibility index (Phi) is 5.79. The molecule has 1 aromatic carbocycles. The fraction of sp³-hybridized carbons (Fsp3) is 0.294. The van der Waals surface area contributed by atoms with E-state index in [1.807, 2.05) is 36.4 Å². The largest absolute Gasteiger partial charge is 0.352 e. The number of benzene rings is 1. The molecule has 6 nitrogen and oxygen atoms in total. The molecule has 1 unspecified atom stereocenters. The van der Waals surface area contributed by atoms with Crippen molar-refractivity contribution in [3.05, 3.63) is 75.1 Å². The van der Waals surface area contributed by atoms with Gasteiger partial charge in [-0.2, -0.15) is 0 Å². The molecule has 0 radical (unpaired) electrons. The zero-order valence-corrected chi connectivity index (χ0v) is 15.1. The van der Waals surface area contributed by atoms with Gasteiger partial charge in [0.2, 0.25) is 0 Å². The molecular weight excluding hydrogens is 359 g/mol. The van der Waals surface area contributed by atoms with Crippen LogP contribution in [0.4, 0.5) is 0 Å². The molecule has 0 amide bonds. The summed E-state index contributed by atoms with van der Waals surface area (Å²) in [5.41, 5.74) is 0.160. The van der Waals surface area contributed by atoms with Crippen LogP contribution >= 0.6 is 20.0 Å². The number of hydrogen-bond acceptors (Lipinski definition) is 5. The Morgan fingerprint density at radius 3 is 3.00 bits per heavy atom. The van der Waals surface area contributed by atoms with E-state index < -0.39 is 17.5 Å². The molecule has 1 N–H and O–H groups in total. The first kappa shape index (κ1) is 16.8. The monoisotopic (exact) mass is 380 g/mol. The maximum absolute atomic E-state index is 12.0. The minimum absolute atomic E-state index is 0.0497. The van der Waals surface area contributed by atoms with Crippen molar-refractivity contribution >= 4 is 26.1 Å². The van der Waals surface area contributed by atoms with Gasteiger partial charge in [0.25, 0.3) is 5.56 Å². The van der Waals surface area contributed by atoms with Gasteiger partial charge < -0.3 is 8.92 Å². The number of nitrogens with zero attached hydrogens (tertiary/aromatic N) is 1. The standard InChI is InChI=1S/C17H19N2O4PS/c20-15-8-9-19(17(21)18-15)16-10-13(14(23-16)11-22-25-24)7-6-12-4-2-1-3-5-12/h1-9,13-14,16H,10-11,24H2,(H,18,20,21)/t13-,14+,16+/m0/s1/i24T/t13-,14+,16+,24?. The first-order valence-corrected chi connectivity index (χ1v) is 9.79. The molecule has 25 heavy (non-hydrogen) atoms. The van der Waals surface area contributed by atoms with E-state index in [1.165, 1.54) is 16.8 Å². The summed E-state index contributed by atoms with van der Waals surface area (Å²) in [6.45, 7) is 0.328. The van der Waals surface area contributed by atoms with Crippen LogP contribution in [-0.2, 0) is 8.92 Å². The van der Waals surface area contributed by atoms with E-state index in [-0.39, 0.29) is 20.4 Å². The quantitative estimate of drug-likeness (QED) is 0.454. The van der Waals surface area contributed by atoms with E-state index in [2.05, 4.69) is 11.1 Å². The van der Waals surface area contributed by atoms with Crippen LogP contribution < -0.4 is 11.2 Å². The molecule has 0 spiro atoms. The Hall–Kier alpha value is -1.66. The zero-order chi connectivity index (χ0) is 18.4. The van der Waals surface area contributed by atoms with Gasteiger partial charge in [0, 0.05) is 36.3 Å². The fourth-order valence-electron chi connectivity index (χ4n) is 2.84. The lowest BCUT2D eigenvalue weighted by Gasteiger charge is -2.15. The van der Waals surface area contributed by atoms with Crippen LogP contribution in [0.2, 0.25) is 0 Å². The Morgan fingerprint density at radius 1 is 1.40 bits per heavy atom. The zero-order valence-electron chi connectivity index (χ0n) is 14.3.